The summed E-state index contributed by atoms with van der Waals surface area (Å²) in [6.45, 7) is 3.80. The summed E-state index contributed by atoms with van der Waals surface area (Å²) < 4.78 is 0.199. The molecule has 1 atom stereocenters. The van der Waals surface area contributed by atoms with Crippen molar-refractivity contribution in [1.29, 1.82) is 0 Å². The van der Waals surface area contributed by atoms with Crippen LogP contribution in [0.5, 0.6) is 0 Å². The number of aromatic amines is 2. The van der Waals surface area contributed by atoms with Crippen LogP contribution in [0, 0.1) is 10.7 Å². The third-order valence-corrected chi connectivity index (χ3v) is 3.56. The fourth-order valence-corrected chi connectivity index (χ4v) is 2.48. The van der Waals surface area contributed by atoms with E-state index in [1.165, 1.54) is 6.42 Å². The fraction of sp³-hybridized carbons (Fsp3) is 0.667. The van der Waals surface area contributed by atoms with Crippen LogP contribution >= 0.6 is 12.2 Å². The van der Waals surface area contributed by atoms with E-state index in [0.29, 0.717) is 24.5 Å². The van der Waals surface area contributed by atoms with Gasteiger partial charge < -0.3 is 4.90 Å². The molecule has 1 aliphatic heterocycles. The number of hydrogen-bond donors (Lipinski definition) is 2. The van der Waals surface area contributed by atoms with E-state index in [4.69, 9.17) is 12.2 Å². The monoisotopic (exact) mass is 282 g/mol. The number of amides is 1. The van der Waals surface area contributed by atoms with Crippen LogP contribution < -0.4 is 5.56 Å². The van der Waals surface area contributed by atoms with E-state index in [1.54, 1.807) is 0 Å². The second-order valence-electron chi connectivity index (χ2n) is 5.04. The van der Waals surface area contributed by atoms with Crippen LogP contribution in [0.4, 0.5) is 0 Å². The van der Waals surface area contributed by atoms with Crippen LogP contribution in [0.3, 0.4) is 0 Å². The molecule has 104 valence electrons. The van der Waals surface area contributed by atoms with E-state index in [0.717, 1.165) is 19.5 Å². The highest BCUT2D eigenvalue weighted by molar-refractivity contribution is 7.71. The topological polar surface area (TPSA) is 81.8 Å². The smallest absolute Gasteiger partial charge is 0.273 e. The number of piperidine rings is 1. The molecule has 1 fully saturated rings. The Morgan fingerprint density at radius 1 is 1.58 bits per heavy atom. The van der Waals surface area contributed by atoms with Gasteiger partial charge in [-0.05, 0) is 31.0 Å². The van der Waals surface area contributed by atoms with Crippen molar-refractivity contribution in [3.63, 3.8) is 0 Å². The zero-order chi connectivity index (χ0) is 13.8. The number of carbonyl (C=O) groups is 1. The van der Waals surface area contributed by atoms with Crippen LogP contribution in [0.1, 0.15) is 31.9 Å². The summed E-state index contributed by atoms with van der Waals surface area (Å²) in [5.74, 6) is 0.655. The molecular formula is C12H18N4O2S. The molecule has 1 aromatic rings. The largest absolute Gasteiger partial charge is 0.342 e. The summed E-state index contributed by atoms with van der Waals surface area (Å²) in [4.78, 5) is 27.9. The van der Waals surface area contributed by atoms with Gasteiger partial charge in [0.2, 0.25) is 5.91 Å². The highest BCUT2D eigenvalue weighted by atomic mass is 32.1. The maximum atomic E-state index is 12.1. The summed E-state index contributed by atoms with van der Waals surface area (Å²) in [6, 6.07) is 0. The normalized spacial score (nSPS) is 19.4. The molecule has 1 aromatic heterocycles. The minimum atomic E-state index is -0.316. The molecule has 2 heterocycles. The van der Waals surface area contributed by atoms with E-state index in [1.807, 2.05) is 4.90 Å². The first kappa shape index (κ1) is 13.9. The van der Waals surface area contributed by atoms with Crippen LogP contribution in [0.25, 0.3) is 0 Å². The quantitative estimate of drug-likeness (QED) is 0.811. The summed E-state index contributed by atoms with van der Waals surface area (Å²) in [5.41, 5.74) is 0.00979. The van der Waals surface area contributed by atoms with Crippen molar-refractivity contribution in [3.05, 3.63) is 20.8 Å². The molecule has 2 N–H and O–H groups in total. The number of aryl methyl sites for hydroxylation is 1. The average molecular weight is 282 g/mol. The van der Waals surface area contributed by atoms with Crippen molar-refractivity contribution in [2.75, 3.05) is 13.1 Å². The van der Waals surface area contributed by atoms with Crippen molar-refractivity contribution in [2.24, 2.45) is 5.92 Å². The highest BCUT2D eigenvalue weighted by Gasteiger charge is 2.20. The first-order valence-electron chi connectivity index (χ1n) is 6.52. The minimum absolute atomic E-state index is 0.0928. The number of hydrogen-bond acceptors (Lipinski definition) is 4. The average Bonchev–Trinajstić information content (AvgIpc) is 2.37. The SMILES string of the molecule is C[C@H]1CCCN(C(=O)CCc2n[nH]c(=S)[nH]c2=O)C1. The number of carbonyl (C=O) groups excluding carboxylic acids is 1. The lowest BCUT2D eigenvalue weighted by atomic mass is 10.00. The van der Waals surface area contributed by atoms with Crippen molar-refractivity contribution < 1.29 is 4.79 Å². The van der Waals surface area contributed by atoms with Crippen molar-refractivity contribution in [3.8, 4) is 0 Å². The van der Waals surface area contributed by atoms with Gasteiger partial charge in [-0.2, -0.15) is 5.10 Å². The number of aromatic nitrogens is 3. The van der Waals surface area contributed by atoms with Gasteiger partial charge >= 0.3 is 0 Å². The zero-order valence-corrected chi connectivity index (χ0v) is 11.8. The molecule has 0 spiro atoms. The second kappa shape index (κ2) is 6.10. The second-order valence-corrected chi connectivity index (χ2v) is 5.45. The Balaban J connectivity index is 1.93. The Morgan fingerprint density at radius 3 is 3.05 bits per heavy atom. The molecule has 1 saturated heterocycles. The number of rotatable bonds is 3. The fourth-order valence-electron chi connectivity index (χ4n) is 2.34. The number of nitrogens with zero attached hydrogens (tertiary/aromatic N) is 2. The van der Waals surface area contributed by atoms with Gasteiger partial charge in [-0.3, -0.25) is 19.7 Å². The van der Waals surface area contributed by atoms with Gasteiger partial charge in [0.1, 0.15) is 5.69 Å². The lowest BCUT2D eigenvalue weighted by Gasteiger charge is -2.30. The Bertz CT molecular complexity index is 565. The van der Waals surface area contributed by atoms with Crippen LogP contribution in [0.15, 0.2) is 4.79 Å². The molecule has 1 aliphatic rings. The van der Waals surface area contributed by atoms with Gasteiger partial charge in [0, 0.05) is 25.9 Å². The third-order valence-electron chi connectivity index (χ3n) is 3.37. The van der Waals surface area contributed by atoms with Gasteiger partial charge in [0.15, 0.2) is 4.77 Å². The molecule has 7 heteroatoms. The zero-order valence-electron chi connectivity index (χ0n) is 10.9. The standard InChI is InChI=1S/C12H18N4O2S/c1-8-3-2-6-16(7-8)10(17)5-4-9-11(18)13-12(19)15-14-9/h8H,2-7H2,1H3,(H2,13,15,18,19)/t8-/m0/s1. The molecule has 0 aliphatic carbocycles. The molecule has 0 aromatic carbocycles. The van der Waals surface area contributed by atoms with Gasteiger partial charge in [0.05, 0.1) is 0 Å². The maximum absolute atomic E-state index is 12.1. The molecule has 6 nitrogen and oxygen atoms in total. The molecule has 0 unspecified atom stereocenters. The van der Waals surface area contributed by atoms with E-state index in [2.05, 4.69) is 22.1 Å². The number of nitrogens with one attached hydrogen (secondary N) is 2. The molecule has 2 rings (SSSR count). The molecule has 19 heavy (non-hydrogen) atoms. The minimum Gasteiger partial charge on any atom is -0.342 e. The van der Waals surface area contributed by atoms with Gasteiger partial charge in [-0.25, -0.2) is 0 Å². The summed E-state index contributed by atoms with van der Waals surface area (Å²) in [7, 11) is 0. The lowest BCUT2D eigenvalue weighted by molar-refractivity contribution is -0.132. The highest BCUT2D eigenvalue weighted by Crippen LogP contribution is 2.16. The summed E-state index contributed by atoms with van der Waals surface area (Å²) in [5, 5.41) is 6.40. The predicted octanol–water partition coefficient (Wildman–Crippen LogP) is 1.02. The van der Waals surface area contributed by atoms with Gasteiger partial charge in [-0.1, -0.05) is 6.92 Å². The Hall–Kier alpha value is -1.50. The number of likely N-dealkylation sites (tertiary alicyclic amines) is 1. The van der Waals surface area contributed by atoms with Crippen molar-refractivity contribution in [1.82, 2.24) is 20.1 Å². The molecule has 0 saturated carbocycles. The number of H-pyrrole nitrogens is 2. The van der Waals surface area contributed by atoms with Gasteiger partial charge in [-0.15, -0.1) is 0 Å². The van der Waals surface area contributed by atoms with E-state index in [-0.39, 0.29) is 16.2 Å². The summed E-state index contributed by atoms with van der Waals surface area (Å²) in [6.07, 6.45) is 2.89. The lowest BCUT2D eigenvalue weighted by Crippen LogP contribution is -2.39. The first-order valence-corrected chi connectivity index (χ1v) is 6.92. The van der Waals surface area contributed by atoms with E-state index >= 15 is 0 Å². The van der Waals surface area contributed by atoms with Crippen LogP contribution in [0.2, 0.25) is 0 Å². The van der Waals surface area contributed by atoms with Crippen molar-refractivity contribution in [2.45, 2.75) is 32.6 Å². The predicted molar refractivity (Wildman–Crippen MR) is 73.3 cm³/mol. The summed E-state index contributed by atoms with van der Waals surface area (Å²) >= 11 is 4.76. The molecule has 0 bridgehead atoms. The Morgan fingerprint density at radius 2 is 2.37 bits per heavy atom. The van der Waals surface area contributed by atoms with Gasteiger partial charge in [0.25, 0.3) is 5.56 Å². The third kappa shape index (κ3) is 3.73. The molecule has 1 amide bonds. The molecular weight excluding hydrogens is 264 g/mol. The maximum Gasteiger partial charge on any atom is 0.273 e. The Kier molecular flexibility index (Phi) is 4.47. The first-order chi connectivity index (χ1) is 9.06. The molecule has 0 radical (unpaired) electrons. The van der Waals surface area contributed by atoms with Crippen LogP contribution in [-0.4, -0.2) is 39.1 Å². The van der Waals surface area contributed by atoms with E-state index in [9.17, 15) is 9.59 Å². The van der Waals surface area contributed by atoms with E-state index < -0.39 is 0 Å². The van der Waals surface area contributed by atoms with Crippen molar-refractivity contribution >= 4 is 18.1 Å². The Labute approximate surface area is 116 Å². The van der Waals surface area contributed by atoms with Crippen LogP contribution in [-0.2, 0) is 11.2 Å².